The zero-order chi connectivity index (χ0) is 18.0. The number of carbonyl (C=O) groups excluding carboxylic acids is 1. The number of nitrogens with zero attached hydrogens (tertiary/aromatic N) is 2. The molecule has 1 aromatic carbocycles. The Balaban J connectivity index is 1.65. The highest BCUT2D eigenvalue weighted by molar-refractivity contribution is 5.85. The fourth-order valence-electron chi connectivity index (χ4n) is 2.93. The van der Waals surface area contributed by atoms with E-state index in [1.54, 1.807) is 11.0 Å². The number of pyridine rings is 1. The van der Waals surface area contributed by atoms with Gasteiger partial charge in [-0.25, -0.2) is 4.79 Å². The van der Waals surface area contributed by atoms with Crippen molar-refractivity contribution in [3.8, 4) is 5.88 Å². The van der Waals surface area contributed by atoms with Gasteiger partial charge in [-0.2, -0.15) is 0 Å². The topological polar surface area (TPSA) is 65.7 Å². The standard InChI is InChI=1S/C19H24N2O4/c1-19(2,3)25-18(22)20-11-9-15(10-12-20)24-17-16-7-5-4-6-14(16)8-13-21(17)23/h4-8,13,15H,9-12H2,1-3H3. The van der Waals surface area contributed by atoms with Gasteiger partial charge < -0.3 is 19.6 Å². The minimum absolute atomic E-state index is 0.0929. The average Bonchev–Trinajstić information content (AvgIpc) is 2.56. The maximum Gasteiger partial charge on any atom is 0.410 e. The average molecular weight is 344 g/mol. The number of hydrogen-bond acceptors (Lipinski definition) is 4. The number of amides is 1. The highest BCUT2D eigenvalue weighted by Crippen LogP contribution is 2.25. The lowest BCUT2D eigenvalue weighted by molar-refractivity contribution is -0.612. The van der Waals surface area contributed by atoms with Crippen LogP contribution < -0.4 is 9.47 Å². The number of likely N-dealkylation sites (tertiary alicyclic amines) is 1. The third-order valence-electron chi connectivity index (χ3n) is 4.15. The molecular formula is C19H24N2O4. The second-order valence-electron chi connectivity index (χ2n) is 7.32. The Morgan fingerprint density at radius 2 is 1.88 bits per heavy atom. The summed E-state index contributed by atoms with van der Waals surface area (Å²) in [5, 5.41) is 13.9. The number of hydrogen-bond donors (Lipinski definition) is 0. The number of ether oxygens (including phenoxy) is 2. The van der Waals surface area contributed by atoms with E-state index in [0.717, 1.165) is 15.5 Å². The Morgan fingerprint density at radius 3 is 2.56 bits per heavy atom. The summed E-state index contributed by atoms with van der Waals surface area (Å²) in [5.41, 5.74) is -0.499. The molecule has 0 radical (unpaired) electrons. The van der Waals surface area contributed by atoms with Gasteiger partial charge in [-0.1, -0.05) is 18.2 Å². The first-order valence-electron chi connectivity index (χ1n) is 8.59. The molecule has 0 spiro atoms. The van der Waals surface area contributed by atoms with E-state index >= 15 is 0 Å². The van der Waals surface area contributed by atoms with Crippen LogP contribution in [-0.4, -0.2) is 35.8 Å². The molecule has 0 unspecified atom stereocenters. The Kier molecular flexibility index (Phi) is 4.70. The first kappa shape index (κ1) is 17.3. The predicted octanol–water partition coefficient (Wildman–Crippen LogP) is 3.25. The van der Waals surface area contributed by atoms with Crippen LogP contribution >= 0.6 is 0 Å². The first-order valence-corrected chi connectivity index (χ1v) is 8.59. The van der Waals surface area contributed by atoms with Crippen molar-refractivity contribution in [2.45, 2.75) is 45.3 Å². The lowest BCUT2D eigenvalue weighted by Crippen LogP contribution is -2.45. The van der Waals surface area contributed by atoms with Crippen molar-refractivity contribution < 1.29 is 19.0 Å². The number of benzene rings is 1. The molecule has 2 heterocycles. The van der Waals surface area contributed by atoms with E-state index in [4.69, 9.17) is 9.47 Å². The third-order valence-corrected chi connectivity index (χ3v) is 4.15. The van der Waals surface area contributed by atoms with E-state index in [-0.39, 0.29) is 12.2 Å². The van der Waals surface area contributed by atoms with Crippen LogP contribution in [0.5, 0.6) is 5.88 Å². The van der Waals surface area contributed by atoms with Crippen molar-refractivity contribution >= 4 is 16.9 Å². The summed E-state index contributed by atoms with van der Waals surface area (Å²) in [4.78, 5) is 13.8. The normalized spacial score (nSPS) is 16.0. The maximum absolute atomic E-state index is 12.1. The summed E-state index contributed by atoms with van der Waals surface area (Å²) in [5.74, 6) is 0.328. The number of carbonyl (C=O) groups is 1. The van der Waals surface area contributed by atoms with Gasteiger partial charge in [-0.05, 0) is 32.2 Å². The van der Waals surface area contributed by atoms with E-state index in [9.17, 15) is 10.0 Å². The minimum Gasteiger partial charge on any atom is -0.616 e. The molecular weight excluding hydrogens is 320 g/mol. The molecule has 6 heteroatoms. The molecule has 1 aromatic heterocycles. The van der Waals surface area contributed by atoms with E-state index in [0.29, 0.717) is 31.8 Å². The molecule has 2 aromatic rings. The number of rotatable bonds is 2. The zero-order valence-electron chi connectivity index (χ0n) is 14.9. The van der Waals surface area contributed by atoms with Crippen LogP contribution in [0.15, 0.2) is 36.5 Å². The lowest BCUT2D eigenvalue weighted by atomic mass is 10.1. The predicted molar refractivity (Wildman–Crippen MR) is 94.4 cm³/mol. The second-order valence-corrected chi connectivity index (χ2v) is 7.32. The Hall–Kier alpha value is -2.50. The summed E-state index contributed by atoms with van der Waals surface area (Å²) in [6.07, 6.45) is 2.41. The fraction of sp³-hybridized carbons (Fsp3) is 0.474. The number of aromatic nitrogens is 1. The van der Waals surface area contributed by atoms with E-state index in [1.807, 2.05) is 45.0 Å². The largest absolute Gasteiger partial charge is 0.616 e. The summed E-state index contributed by atoms with van der Waals surface area (Å²) in [6, 6.07) is 9.43. The molecule has 25 heavy (non-hydrogen) atoms. The van der Waals surface area contributed by atoms with Crippen molar-refractivity contribution in [1.29, 1.82) is 0 Å². The first-order chi connectivity index (χ1) is 11.8. The van der Waals surface area contributed by atoms with E-state index in [2.05, 4.69) is 0 Å². The molecule has 1 aliphatic heterocycles. The smallest absolute Gasteiger partial charge is 0.410 e. The fourth-order valence-corrected chi connectivity index (χ4v) is 2.93. The van der Waals surface area contributed by atoms with Crippen molar-refractivity contribution in [2.24, 2.45) is 0 Å². The van der Waals surface area contributed by atoms with Crippen molar-refractivity contribution in [3.63, 3.8) is 0 Å². The Morgan fingerprint density at radius 1 is 1.20 bits per heavy atom. The molecule has 1 amide bonds. The lowest BCUT2D eigenvalue weighted by Gasteiger charge is -2.33. The van der Waals surface area contributed by atoms with E-state index in [1.165, 1.54) is 6.20 Å². The van der Waals surface area contributed by atoms with E-state index < -0.39 is 5.60 Å². The van der Waals surface area contributed by atoms with Crippen molar-refractivity contribution in [3.05, 3.63) is 41.7 Å². The minimum atomic E-state index is -0.499. The molecule has 0 saturated carbocycles. The molecule has 0 aliphatic carbocycles. The van der Waals surface area contributed by atoms with Crippen LogP contribution in [0.3, 0.4) is 0 Å². The van der Waals surface area contributed by atoms with Gasteiger partial charge in [0.15, 0.2) is 6.20 Å². The van der Waals surface area contributed by atoms with Gasteiger partial charge in [-0.15, -0.1) is 4.73 Å². The molecule has 0 bridgehead atoms. The molecule has 0 N–H and O–H groups in total. The van der Waals surface area contributed by atoms with Crippen LogP contribution in [0.25, 0.3) is 10.8 Å². The van der Waals surface area contributed by atoms with Gasteiger partial charge in [0.25, 0.3) is 0 Å². The van der Waals surface area contributed by atoms with Gasteiger partial charge in [0, 0.05) is 32.0 Å². The van der Waals surface area contributed by atoms with Crippen LogP contribution in [-0.2, 0) is 4.74 Å². The summed E-state index contributed by atoms with van der Waals surface area (Å²) in [6.45, 7) is 6.68. The highest BCUT2D eigenvalue weighted by atomic mass is 16.6. The van der Waals surface area contributed by atoms with Crippen LogP contribution in [0.1, 0.15) is 33.6 Å². The maximum atomic E-state index is 12.1. The van der Waals surface area contributed by atoms with Crippen LogP contribution in [0, 0.1) is 5.21 Å². The number of fused-ring (bicyclic) bond motifs is 1. The Labute approximate surface area is 147 Å². The van der Waals surface area contributed by atoms with Crippen LogP contribution in [0.4, 0.5) is 4.79 Å². The third kappa shape index (κ3) is 4.13. The molecule has 0 atom stereocenters. The van der Waals surface area contributed by atoms with Crippen LogP contribution in [0.2, 0.25) is 0 Å². The Bertz CT molecular complexity index is 762. The second kappa shape index (κ2) is 6.78. The molecule has 134 valence electrons. The number of piperidine rings is 1. The molecule has 3 rings (SSSR count). The monoisotopic (exact) mass is 344 g/mol. The molecule has 1 fully saturated rings. The molecule has 6 nitrogen and oxygen atoms in total. The zero-order valence-corrected chi connectivity index (χ0v) is 14.9. The van der Waals surface area contributed by atoms with Crippen molar-refractivity contribution in [2.75, 3.05) is 13.1 Å². The van der Waals surface area contributed by atoms with Gasteiger partial charge in [0.2, 0.25) is 0 Å². The van der Waals surface area contributed by atoms with Crippen molar-refractivity contribution in [1.82, 2.24) is 4.90 Å². The highest BCUT2D eigenvalue weighted by Gasteiger charge is 2.29. The molecule has 1 saturated heterocycles. The molecule has 1 aliphatic rings. The summed E-state index contributed by atoms with van der Waals surface area (Å²) < 4.78 is 12.2. The van der Waals surface area contributed by atoms with Gasteiger partial charge in [0.05, 0.1) is 5.39 Å². The van der Waals surface area contributed by atoms with Gasteiger partial charge >= 0.3 is 12.0 Å². The summed E-state index contributed by atoms with van der Waals surface area (Å²) >= 11 is 0. The SMILES string of the molecule is CC(C)(C)OC(=O)N1CCC(Oc2c3ccccc3cc[n+]2[O-])CC1. The quantitative estimate of drug-likeness (QED) is 0.619. The summed E-state index contributed by atoms with van der Waals surface area (Å²) in [7, 11) is 0. The van der Waals surface area contributed by atoms with Gasteiger partial charge in [-0.3, -0.25) is 0 Å². The van der Waals surface area contributed by atoms with Gasteiger partial charge in [0.1, 0.15) is 11.7 Å².